The van der Waals surface area contributed by atoms with Crippen LogP contribution in [0.3, 0.4) is 0 Å². The predicted octanol–water partition coefficient (Wildman–Crippen LogP) is 6.50. The molecule has 0 unspecified atom stereocenters. The third-order valence-corrected chi connectivity index (χ3v) is 7.11. The summed E-state index contributed by atoms with van der Waals surface area (Å²) in [5, 5.41) is 13.7. The number of thioether (sulfide) groups is 1. The summed E-state index contributed by atoms with van der Waals surface area (Å²) >= 11 is 1.35. The van der Waals surface area contributed by atoms with Gasteiger partial charge in [0, 0.05) is 34.0 Å². The van der Waals surface area contributed by atoms with E-state index in [0.29, 0.717) is 11.0 Å². The molecule has 0 fully saturated rings. The second kappa shape index (κ2) is 11.3. The van der Waals surface area contributed by atoms with E-state index in [0.717, 1.165) is 46.4 Å². The van der Waals surface area contributed by atoms with Gasteiger partial charge >= 0.3 is 0 Å². The maximum Gasteiger partial charge on any atom is 0.234 e. The number of H-pyrrole nitrogens is 1. The number of nitrogens with one attached hydrogen (secondary N) is 2. The Balaban J connectivity index is 1.38. The van der Waals surface area contributed by atoms with E-state index in [1.54, 1.807) is 7.11 Å². The number of benzene rings is 3. The fourth-order valence-electron chi connectivity index (χ4n) is 4.22. The second-order valence-corrected chi connectivity index (χ2v) is 9.67. The maximum absolute atomic E-state index is 12.8. The van der Waals surface area contributed by atoms with Gasteiger partial charge in [-0.25, -0.2) is 0 Å². The first-order chi connectivity index (χ1) is 18.2. The van der Waals surface area contributed by atoms with E-state index >= 15 is 0 Å². The number of ether oxygens (including phenoxy) is 1. The number of rotatable bonds is 10. The Kier molecular flexibility index (Phi) is 7.56. The number of aromatic nitrogens is 4. The van der Waals surface area contributed by atoms with E-state index < -0.39 is 0 Å². The standard InChI is InChI=1S/C29H29N5O2S/c1-3-4-7-20-10-12-21(13-11-20)31-27(35)19-37-29-33-32-28(25-18-30-26-9-6-5-8-24(25)26)34(29)22-14-16-23(36-2)17-15-22/h5-6,8-18,30H,3-4,7,19H2,1-2H3,(H,31,35). The minimum atomic E-state index is -0.0933. The molecule has 0 bridgehead atoms. The number of aryl methyl sites for hydroxylation is 1. The number of carbonyl (C=O) groups is 1. The number of fused-ring (bicyclic) bond motifs is 1. The van der Waals surface area contributed by atoms with Crippen molar-refractivity contribution in [1.29, 1.82) is 0 Å². The molecule has 0 radical (unpaired) electrons. The van der Waals surface area contributed by atoms with E-state index in [-0.39, 0.29) is 11.7 Å². The topological polar surface area (TPSA) is 84.8 Å². The highest BCUT2D eigenvalue weighted by Crippen LogP contribution is 2.33. The minimum absolute atomic E-state index is 0.0933. The summed E-state index contributed by atoms with van der Waals surface area (Å²) in [7, 11) is 1.64. The SMILES string of the molecule is CCCCc1ccc(NC(=O)CSc2nnc(-c3c[nH]c4ccccc34)n2-c2ccc(OC)cc2)cc1. The van der Waals surface area contributed by atoms with Gasteiger partial charge in [0.1, 0.15) is 5.75 Å². The third-order valence-electron chi connectivity index (χ3n) is 6.18. The fourth-order valence-corrected chi connectivity index (χ4v) is 4.97. The van der Waals surface area contributed by atoms with Crippen LogP contribution in [0.2, 0.25) is 0 Å². The van der Waals surface area contributed by atoms with E-state index in [9.17, 15) is 4.79 Å². The number of unbranched alkanes of at least 4 members (excludes halogenated alkanes) is 1. The van der Waals surface area contributed by atoms with Gasteiger partial charge in [-0.05, 0) is 60.9 Å². The number of methoxy groups -OCH3 is 1. The molecule has 2 N–H and O–H groups in total. The minimum Gasteiger partial charge on any atom is -0.497 e. The Morgan fingerprint density at radius 3 is 2.57 bits per heavy atom. The number of amides is 1. The van der Waals surface area contributed by atoms with Crippen molar-refractivity contribution in [2.24, 2.45) is 0 Å². The first-order valence-corrected chi connectivity index (χ1v) is 13.3. The van der Waals surface area contributed by atoms with Gasteiger partial charge in [-0.2, -0.15) is 0 Å². The molecule has 37 heavy (non-hydrogen) atoms. The first-order valence-electron chi connectivity index (χ1n) is 12.3. The Morgan fingerprint density at radius 2 is 1.81 bits per heavy atom. The van der Waals surface area contributed by atoms with Crippen LogP contribution in [-0.2, 0) is 11.2 Å². The average molecular weight is 512 g/mol. The Hall–Kier alpha value is -4.04. The van der Waals surface area contributed by atoms with Gasteiger partial charge in [0.2, 0.25) is 5.91 Å². The van der Waals surface area contributed by atoms with Crippen molar-refractivity contribution in [3.8, 4) is 22.8 Å². The molecule has 5 rings (SSSR count). The van der Waals surface area contributed by atoms with Crippen molar-refractivity contribution < 1.29 is 9.53 Å². The summed E-state index contributed by atoms with van der Waals surface area (Å²) in [6.07, 6.45) is 5.33. The van der Waals surface area contributed by atoms with Crippen LogP contribution in [0.5, 0.6) is 5.75 Å². The van der Waals surface area contributed by atoms with Crippen molar-refractivity contribution >= 4 is 34.3 Å². The second-order valence-electron chi connectivity index (χ2n) is 8.72. The van der Waals surface area contributed by atoms with Gasteiger partial charge < -0.3 is 15.0 Å². The zero-order valence-corrected chi connectivity index (χ0v) is 21.7. The number of carbonyl (C=O) groups excluding carboxylic acids is 1. The van der Waals surface area contributed by atoms with Gasteiger partial charge in [-0.3, -0.25) is 9.36 Å². The van der Waals surface area contributed by atoms with Crippen LogP contribution in [-0.4, -0.2) is 38.5 Å². The molecule has 5 aromatic rings. The fraction of sp³-hybridized carbons (Fsp3) is 0.207. The lowest BCUT2D eigenvalue weighted by Crippen LogP contribution is -2.14. The smallest absolute Gasteiger partial charge is 0.234 e. The van der Waals surface area contributed by atoms with Crippen LogP contribution in [0.4, 0.5) is 5.69 Å². The van der Waals surface area contributed by atoms with Crippen molar-refractivity contribution in [3.63, 3.8) is 0 Å². The molecule has 2 heterocycles. The maximum atomic E-state index is 12.8. The van der Waals surface area contributed by atoms with E-state index in [4.69, 9.17) is 4.74 Å². The molecule has 0 aliphatic carbocycles. The summed E-state index contributed by atoms with van der Waals surface area (Å²) in [5.41, 5.74) is 4.93. The molecule has 7 nitrogen and oxygen atoms in total. The van der Waals surface area contributed by atoms with Crippen LogP contribution >= 0.6 is 11.8 Å². The Morgan fingerprint density at radius 1 is 1.03 bits per heavy atom. The molecule has 3 aromatic carbocycles. The molecule has 1 amide bonds. The molecular weight excluding hydrogens is 482 g/mol. The van der Waals surface area contributed by atoms with Crippen LogP contribution in [0.1, 0.15) is 25.3 Å². The predicted molar refractivity (Wildman–Crippen MR) is 150 cm³/mol. The molecule has 0 atom stereocenters. The highest BCUT2D eigenvalue weighted by Gasteiger charge is 2.20. The third kappa shape index (κ3) is 5.54. The number of aromatic amines is 1. The van der Waals surface area contributed by atoms with Gasteiger partial charge in [-0.15, -0.1) is 10.2 Å². The zero-order valence-electron chi connectivity index (χ0n) is 20.9. The zero-order chi connectivity index (χ0) is 25.6. The monoisotopic (exact) mass is 511 g/mol. The summed E-state index contributed by atoms with van der Waals surface area (Å²) in [5.74, 6) is 1.58. The highest BCUT2D eigenvalue weighted by atomic mass is 32.2. The normalized spacial score (nSPS) is 11.1. The molecule has 8 heteroatoms. The van der Waals surface area contributed by atoms with Crippen molar-refractivity contribution in [3.05, 3.63) is 84.6 Å². The first kappa shape index (κ1) is 24.6. The largest absolute Gasteiger partial charge is 0.497 e. The summed E-state index contributed by atoms with van der Waals surface area (Å²) in [4.78, 5) is 16.1. The quantitative estimate of drug-likeness (QED) is 0.209. The van der Waals surface area contributed by atoms with Crippen molar-refractivity contribution in [1.82, 2.24) is 19.7 Å². The van der Waals surface area contributed by atoms with Gasteiger partial charge in [0.15, 0.2) is 11.0 Å². The van der Waals surface area contributed by atoms with Crippen LogP contribution < -0.4 is 10.1 Å². The van der Waals surface area contributed by atoms with E-state index in [1.165, 1.54) is 23.7 Å². The summed E-state index contributed by atoms with van der Waals surface area (Å²) in [6, 6.07) is 23.9. The number of anilines is 1. The lowest BCUT2D eigenvalue weighted by atomic mass is 10.1. The molecular formula is C29H29N5O2S. The van der Waals surface area contributed by atoms with Crippen LogP contribution in [0, 0.1) is 0 Å². The van der Waals surface area contributed by atoms with Gasteiger partial charge in [0.05, 0.1) is 12.9 Å². The molecule has 0 spiro atoms. The molecule has 0 aliphatic heterocycles. The lowest BCUT2D eigenvalue weighted by Gasteiger charge is -2.11. The van der Waals surface area contributed by atoms with E-state index in [2.05, 4.69) is 45.6 Å². The molecule has 2 aromatic heterocycles. The average Bonchev–Trinajstić information content (AvgIpc) is 3.55. The van der Waals surface area contributed by atoms with Crippen LogP contribution in [0.15, 0.2) is 84.1 Å². The Labute approximate surface area is 220 Å². The number of hydrogen-bond donors (Lipinski definition) is 2. The molecule has 0 saturated carbocycles. The molecule has 0 aliphatic rings. The number of hydrogen-bond acceptors (Lipinski definition) is 5. The van der Waals surface area contributed by atoms with E-state index in [1.807, 2.05) is 65.4 Å². The summed E-state index contributed by atoms with van der Waals surface area (Å²) in [6.45, 7) is 2.19. The van der Waals surface area contributed by atoms with Gasteiger partial charge in [-0.1, -0.05) is 55.4 Å². The summed E-state index contributed by atoms with van der Waals surface area (Å²) < 4.78 is 7.32. The number of para-hydroxylation sites is 1. The number of nitrogens with zero attached hydrogens (tertiary/aromatic N) is 3. The highest BCUT2D eigenvalue weighted by molar-refractivity contribution is 7.99. The van der Waals surface area contributed by atoms with Crippen molar-refractivity contribution in [2.75, 3.05) is 18.2 Å². The lowest BCUT2D eigenvalue weighted by molar-refractivity contribution is -0.113. The Bertz CT molecular complexity index is 1490. The van der Waals surface area contributed by atoms with Crippen LogP contribution in [0.25, 0.3) is 28.0 Å². The molecule has 188 valence electrons. The molecule has 0 saturated heterocycles. The van der Waals surface area contributed by atoms with Crippen molar-refractivity contribution in [2.45, 2.75) is 31.3 Å². The van der Waals surface area contributed by atoms with Gasteiger partial charge in [0.25, 0.3) is 0 Å².